The molecule has 3 N–H and O–H groups in total. The average molecular weight is 444 g/mol. The molecule has 0 aliphatic rings. The van der Waals surface area contributed by atoms with Crippen molar-refractivity contribution in [2.24, 2.45) is 0 Å². The van der Waals surface area contributed by atoms with Crippen LogP contribution < -0.4 is 0 Å². The van der Waals surface area contributed by atoms with Crippen molar-refractivity contribution in [1.29, 1.82) is 0 Å². The van der Waals surface area contributed by atoms with Crippen molar-refractivity contribution >= 4 is 11.8 Å². The Balaban J connectivity index is -0.0000000733. The van der Waals surface area contributed by atoms with E-state index in [4.69, 9.17) is 15.3 Å². The summed E-state index contributed by atoms with van der Waals surface area (Å²) in [7, 11) is 0. The van der Waals surface area contributed by atoms with Crippen molar-refractivity contribution in [2.45, 2.75) is 99.4 Å². The fraction of sp³-hybridized carbons (Fsp3) is 0.889. The number of ether oxygens (including phenoxy) is 1. The fourth-order valence-electron chi connectivity index (χ4n) is 0.415. The fourth-order valence-corrected chi connectivity index (χ4v) is 0.415. The van der Waals surface area contributed by atoms with E-state index in [0.29, 0.717) is 6.61 Å². The van der Waals surface area contributed by atoms with Gasteiger partial charge in [-0.05, 0) is 76.2 Å². The van der Waals surface area contributed by atoms with Gasteiger partial charge in [0.1, 0.15) is 12.2 Å². The Labute approximate surface area is 173 Å². The van der Waals surface area contributed by atoms with Gasteiger partial charge in [0.05, 0.1) is 23.4 Å². The van der Waals surface area contributed by atoms with Crippen molar-refractivity contribution in [3.05, 3.63) is 0 Å². The molecule has 0 atom stereocenters. The largest absolute Gasteiger partial charge is 0.466 e. The summed E-state index contributed by atoms with van der Waals surface area (Å²) < 4.78 is 4.49. The van der Waals surface area contributed by atoms with E-state index in [-0.39, 0.29) is 38.4 Å². The molecule has 0 unspecified atom stereocenters. The standard InChI is InChI=1S/C6H10O3.3C4H10O.Zr/c1-3-9-6(8)4-5(2)7;3*1-4(2,3)5;/h3-4H2,1-2H3;3*5H,1-3H3;. The third kappa shape index (κ3) is 241. The maximum Gasteiger partial charge on any atom is 0.313 e. The molecule has 0 saturated carbocycles. The summed E-state index contributed by atoms with van der Waals surface area (Å²) >= 11 is 0. The van der Waals surface area contributed by atoms with Crippen LogP contribution >= 0.6 is 0 Å². The van der Waals surface area contributed by atoms with Gasteiger partial charge in [-0.15, -0.1) is 0 Å². The van der Waals surface area contributed by atoms with E-state index >= 15 is 0 Å². The first-order chi connectivity index (χ1) is 10.2. The van der Waals surface area contributed by atoms with Crippen molar-refractivity contribution in [1.82, 2.24) is 0 Å². The Morgan fingerprint density at radius 3 is 1.08 bits per heavy atom. The molecule has 6 nitrogen and oxygen atoms in total. The van der Waals surface area contributed by atoms with Crippen molar-refractivity contribution < 1.29 is 55.8 Å². The number of hydrogen-bond donors (Lipinski definition) is 3. The smallest absolute Gasteiger partial charge is 0.313 e. The van der Waals surface area contributed by atoms with E-state index in [1.54, 1.807) is 69.2 Å². The van der Waals surface area contributed by atoms with Gasteiger partial charge in [-0.2, -0.15) is 0 Å². The molecule has 0 bridgehead atoms. The number of esters is 1. The van der Waals surface area contributed by atoms with Crippen LogP contribution in [0.2, 0.25) is 0 Å². The van der Waals surface area contributed by atoms with E-state index < -0.39 is 22.8 Å². The Hall–Kier alpha value is -0.0969. The molecular formula is C18H40O6Zr. The second-order valence-electron chi connectivity index (χ2n) is 8.20. The van der Waals surface area contributed by atoms with Gasteiger partial charge in [0, 0.05) is 26.2 Å². The first kappa shape index (κ1) is 35.9. The first-order valence-electron chi connectivity index (χ1n) is 7.99. The Morgan fingerprint density at radius 2 is 0.960 bits per heavy atom. The number of Topliss-reactive ketones (excluding diaryl/α,β-unsaturated/α-hetero) is 1. The molecule has 0 aromatic rings. The number of hydrogen-bond acceptors (Lipinski definition) is 6. The van der Waals surface area contributed by atoms with Crippen LogP contribution in [0.1, 0.15) is 82.6 Å². The number of carbonyl (C=O) groups excluding carboxylic acids is 2. The normalized spacial score (nSPS) is 10.3. The van der Waals surface area contributed by atoms with Gasteiger partial charge in [-0.1, -0.05) is 0 Å². The van der Waals surface area contributed by atoms with E-state index in [1.165, 1.54) is 6.92 Å². The van der Waals surface area contributed by atoms with E-state index in [2.05, 4.69) is 4.74 Å². The summed E-state index contributed by atoms with van der Waals surface area (Å²) in [6.45, 7) is 19.1. The maximum absolute atomic E-state index is 10.4. The van der Waals surface area contributed by atoms with Crippen LogP contribution in [0.5, 0.6) is 0 Å². The van der Waals surface area contributed by atoms with Gasteiger partial charge in [-0.3, -0.25) is 9.59 Å². The van der Waals surface area contributed by atoms with Crippen LogP contribution in [0.25, 0.3) is 0 Å². The summed E-state index contributed by atoms with van der Waals surface area (Å²) in [5.41, 5.74) is -1.50. The summed E-state index contributed by atoms with van der Waals surface area (Å²) in [4.78, 5) is 20.6. The van der Waals surface area contributed by atoms with Gasteiger partial charge >= 0.3 is 5.97 Å². The number of ketones is 1. The number of carbonyl (C=O) groups is 2. The molecule has 0 aromatic heterocycles. The monoisotopic (exact) mass is 442 g/mol. The average Bonchev–Trinajstić information content (AvgIpc) is 2.06. The van der Waals surface area contributed by atoms with E-state index in [0.717, 1.165) is 0 Å². The molecule has 0 fully saturated rings. The van der Waals surface area contributed by atoms with E-state index in [1.807, 2.05) is 0 Å². The molecule has 0 heterocycles. The Bertz CT molecular complexity index is 275. The zero-order valence-corrected chi connectivity index (χ0v) is 20.4. The second kappa shape index (κ2) is 17.3. The third-order valence-electron chi connectivity index (χ3n) is 0.699. The van der Waals surface area contributed by atoms with Gasteiger partial charge in [0.25, 0.3) is 0 Å². The predicted molar refractivity (Wildman–Crippen MR) is 97.8 cm³/mol. The van der Waals surface area contributed by atoms with E-state index in [9.17, 15) is 9.59 Å². The molecule has 7 heteroatoms. The quantitative estimate of drug-likeness (QED) is 0.458. The topological polar surface area (TPSA) is 104 Å². The van der Waals surface area contributed by atoms with Crippen LogP contribution in [-0.4, -0.2) is 50.5 Å². The zero-order valence-electron chi connectivity index (χ0n) is 18.0. The van der Waals surface area contributed by atoms with Crippen LogP contribution in [0.4, 0.5) is 0 Å². The molecule has 0 aliphatic heterocycles. The maximum atomic E-state index is 10.4. The molecule has 0 radical (unpaired) electrons. The number of aliphatic hydroxyl groups is 3. The molecule has 0 aliphatic carbocycles. The van der Waals surface area contributed by atoms with Crippen LogP contribution in [0.15, 0.2) is 0 Å². The Morgan fingerprint density at radius 1 is 0.760 bits per heavy atom. The predicted octanol–water partition coefficient (Wildman–Crippen LogP) is 2.86. The van der Waals surface area contributed by atoms with Gasteiger partial charge < -0.3 is 20.1 Å². The minimum atomic E-state index is -0.500. The SMILES string of the molecule is CC(C)(C)O.CC(C)(C)O.CC(C)(C)O.CCOC(=O)CC(C)=O.[Zr]. The van der Waals surface area contributed by atoms with Gasteiger partial charge in [0.2, 0.25) is 0 Å². The van der Waals surface area contributed by atoms with Crippen molar-refractivity contribution in [3.8, 4) is 0 Å². The molecule has 0 spiro atoms. The first-order valence-corrected chi connectivity index (χ1v) is 7.99. The summed E-state index contributed by atoms with van der Waals surface area (Å²) in [6.07, 6.45) is -0.103. The zero-order chi connectivity index (χ0) is 20.8. The van der Waals surface area contributed by atoms with Gasteiger partial charge in [-0.25, -0.2) is 0 Å². The molecule has 25 heavy (non-hydrogen) atoms. The Kier molecular flexibility index (Phi) is 24.9. The van der Waals surface area contributed by atoms with Crippen LogP contribution in [-0.2, 0) is 40.5 Å². The minimum absolute atomic E-state index is 0. The third-order valence-corrected chi connectivity index (χ3v) is 0.699. The minimum Gasteiger partial charge on any atom is -0.466 e. The van der Waals surface area contributed by atoms with Crippen LogP contribution in [0.3, 0.4) is 0 Å². The summed E-state index contributed by atoms with van der Waals surface area (Å²) in [5, 5.41) is 25.6. The molecule has 0 saturated heterocycles. The molecule has 0 aromatic carbocycles. The summed E-state index contributed by atoms with van der Waals surface area (Å²) in [5.74, 6) is -0.599. The molecular weight excluding hydrogens is 403 g/mol. The van der Waals surface area contributed by atoms with Crippen molar-refractivity contribution in [3.63, 3.8) is 0 Å². The second-order valence-corrected chi connectivity index (χ2v) is 8.20. The van der Waals surface area contributed by atoms with Crippen molar-refractivity contribution in [2.75, 3.05) is 6.61 Å². The number of rotatable bonds is 3. The summed E-state index contributed by atoms with van der Waals surface area (Å²) in [6, 6.07) is 0. The molecule has 0 rings (SSSR count). The molecule has 0 amide bonds. The molecule has 152 valence electrons. The van der Waals surface area contributed by atoms with Gasteiger partial charge in [0.15, 0.2) is 0 Å². The van der Waals surface area contributed by atoms with Crippen LogP contribution in [0, 0.1) is 0 Å².